The molecule has 0 atom stereocenters. The van der Waals surface area contributed by atoms with Crippen LogP contribution in [-0.2, 0) is 11.3 Å². The molecule has 0 unspecified atom stereocenters. The summed E-state index contributed by atoms with van der Waals surface area (Å²) < 4.78 is 5.29. The zero-order chi connectivity index (χ0) is 17.1. The first kappa shape index (κ1) is 20.1. The van der Waals surface area contributed by atoms with E-state index in [0.717, 1.165) is 12.1 Å². The van der Waals surface area contributed by atoms with Crippen LogP contribution in [0.25, 0.3) is 0 Å². The molecule has 1 rings (SSSR count). The molecule has 0 heterocycles. The summed E-state index contributed by atoms with van der Waals surface area (Å²) in [6, 6.07) is 8.21. The fourth-order valence-electron chi connectivity index (χ4n) is 1.70. The number of carbonyl (C=O) groups excluding carboxylic acids is 1. The molecule has 0 fully saturated rings. The van der Waals surface area contributed by atoms with E-state index in [1.54, 1.807) is 11.9 Å². The number of benzene rings is 1. The molecule has 22 heavy (non-hydrogen) atoms. The zero-order valence-corrected chi connectivity index (χ0v) is 14.1. The molecule has 0 aromatic heterocycles. The van der Waals surface area contributed by atoms with E-state index in [4.69, 9.17) is 9.64 Å². The molecular formula is C16H27N3O3. The van der Waals surface area contributed by atoms with E-state index < -0.39 is 0 Å². The largest absolute Gasteiger partial charge is 0.445 e. The van der Waals surface area contributed by atoms with Crippen LogP contribution in [-0.4, -0.2) is 50.1 Å². The van der Waals surface area contributed by atoms with Gasteiger partial charge < -0.3 is 14.5 Å². The molecular weight excluding hydrogens is 282 g/mol. The molecule has 6 heteroatoms. The van der Waals surface area contributed by atoms with Gasteiger partial charge in [-0.1, -0.05) is 43.7 Å². The van der Waals surface area contributed by atoms with Crippen LogP contribution in [0.3, 0.4) is 0 Å². The summed E-state index contributed by atoms with van der Waals surface area (Å²) in [4.78, 5) is 22.9. The molecule has 1 aromatic carbocycles. The summed E-state index contributed by atoms with van der Waals surface area (Å²) in [6.07, 6.45) is -0.278. The Morgan fingerprint density at radius 2 is 1.64 bits per heavy atom. The lowest BCUT2D eigenvalue weighted by atomic mass is 10.0. The Bertz CT molecular complexity index is 433. The van der Waals surface area contributed by atoms with Gasteiger partial charge in [-0.3, -0.25) is 0 Å². The first-order valence-electron chi connectivity index (χ1n) is 7.22. The van der Waals surface area contributed by atoms with Gasteiger partial charge >= 0.3 is 6.09 Å². The monoisotopic (exact) mass is 309 g/mol. The molecule has 1 N–H and O–H groups in total. The van der Waals surface area contributed by atoms with Crippen molar-refractivity contribution in [2.24, 2.45) is 0 Å². The van der Waals surface area contributed by atoms with Crippen LogP contribution in [0.1, 0.15) is 30.9 Å². The molecule has 0 aliphatic carbocycles. The molecule has 0 radical (unpaired) electrons. The second kappa shape index (κ2) is 10.7. The molecule has 0 saturated carbocycles. The fourth-order valence-corrected chi connectivity index (χ4v) is 1.70. The van der Waals surface area contributed by atoms with Crippen LogP contribution in [0, 0.1) is 10.5 Å². The molecule has 1 amide bonds. The molecule has 124 valence electrons. The smallest absolute Gasteiger partial charge is 0.409 e. The third-order valence-corrected chi connectivity index (χ3v) is 3.20. The SMILES string of the molecule is CC(C)c1ccc(COC(=O)N(C)CCN(C)C)cc1.N=O. The summed E-state index contributed by atoms with van der Waals surface area (Å²) in [5.74, 6) is 0.517. The molecule has 6 nitrogen and oxygen atoms in total. The van der Waals surface area contributed by atoms with Crippen LogP contribution >= 0.6 is 0 Å². The molecule has 0 saturated heterocycles. The summed E-state index contributed by atoms with van der Waals surface area (Å²) in [5, 5.41) is 0. The lowest BCUT2D eigenvalue weighted by Gasteiger charge is -2.19. The standard InChI is InChI=1S/C16H26N2O2.HNO/c1-13(2)15-8-6-14(7-9-15)12-20-16(19)18(5)11-10-17(3)4;1-2/h6-9,13H,10-12H2,1-5H3;1H. The predicted octanol–water partition coefficient (Wildman–Crippen LogP) is 3.27. The first-order valence-corrected chi connectivity index (χ1v) is 7.22. The molecule has 0 aliphatic heterocycles. The van der Waals surface area contributed by atoms with E-state index in [1.165, 1.54) is 5.56 Å². The minimum absolute atomic E-state index is 0.278. The van der Waals surface area contributed by atoms with Crippen LogP contribution in [0.4, 0.5) is 4.79 Å². The maximum atomic E-state index is 11.8. The molecule has 0 aliphatic rings. The lowest BCUT2D eigenvalue weighted by Crippen LogP contribution is -2.33. The summed E-state index contributed by atoms with van der Waals surface area (Å²) >= 11 is 0. The van der Waals surface area contributed by atoms with Gasteiger partial charge in [0.05, 0.1) is 0 Å². The van der Waals surface area contributed by atoms with Crippen LogP contribution in [0.5, 0.6) is 0 Å². The average molecular weight is 309 g/mol. The molecule has 1 aromatic rings. The number of amides is 1. The summed E-state index contributed by atoms with van der Waals surface area (Å²) in [5.41, 5.74) is 6.81. The Balaban J connectivity index is 0.00000211. The third kappa shape index (κ3) is 7.73. The highest BCUT2D eigenvalue weighted by molar-refractivity contribution is 5.67. The number of rotatable bonds is 6. The normalized spacial score (nSPS) is 10.1. The predicted molar refractivity (Wildman–Crippen MR) is 88.0 cm³/mol. The van der Waals surface area contributed by atoms with Crippen LogP contribution in [0.15, 0.2) is 24.3 Å². The van der Waals surface area contributed by atoms with Gasteiger partial charge in [0.2, 0.25) is 0 Å². The topological polar surface area (TPSA) is 73.7 Å². The highest BCUT2D eigenvalue weighted by atomic mass is 16.6. The van der Waals surface area contributed by atoms with Gasteiger partial charge in [-0.15, -0.1) is 0 Å². The van der Waals surface area contributed by atoms with Crippen molar-refractivity contribution in [3.63, 3.8) is 0 Å². The average Bonchev–Trinajstić information content (AvgIpc) is 2.52. The highest BCUT2D eigenvalue weighted by Gasteiger charge is 2.10. The first-order chi connectivity index (χ1) is 10.4. The van der Waals surface area contributed by atoms with Gasteiger partial charge in [0.25, 0.3) is 0 Å². The number of ether oxygens (including phenoxy) is 1. The fraction of sp³-hybridized carbons (Fsp3) is 0.562. The number of nitrogens with zero attached hydrogens (tertiary/aromatic N) is 2. The zero-order valence-electron chi connectivity index (χ0n) is 14.1. The Morgan fingerprint density at radius 3 is 2.09 bits per heavy atom. The number of likely N-dealkylation sites (N-methyl/N-ethyl adjacent to an activating group) is 2. The molecule has 0 spiro atoms. The number of nitrogens with one attached hydrogen (secondary N) is 1. The Morgan fingerprint density at radius 1 is 1.09 bits per heavy atom. The second-order valence-electron chi connectivity index (χ2n) is 5.68. The van der Waals surface area contributed by atoms with Crippen molar-refractivity contribution in [1.82, 2.24) is 9.80 Å². The van der Waals surface area contributed by atoms with Gasteiger partial charge in [-0.2, -0.15) is 4.91 Å². The Kier molecular flexibility index (Phi) is 9.78. The minimum Gasteiger partial charge on any atom is -0.445 e. The van der Waals surface area contributed by atoms with E-state index >= 15 is 0 Å². The number of nitroso groups, excluding NO2 is 1. The van der Waals surface area contributed by atoms with Crippen LogP contribution < -0.4 is 0 Å². The van der Waals surface area contributed by atoms with E-state index in [9.17, 15) is 4.79 Å². The van der Waals surface area contributed by atoms with Crippen molar-refractivity contribution in [3.05, 3.63) is 40.3 Å². The van der Waals surface area contributed by atoms with E-state index in [2.05, 4.69) is 31.6 Å². The third-order valence-electron chi connectivity index (χ3n) is 3.20. The second-order valence-corrected chi connectivity index (χ2v) is 5.68. The van der Waals surface area contributed by atoms with Gasteiger partial charge in [0, 0.05) is 20.1 Å². The Hall–Kier alpha value is -1.95. The summed E-state index contributed by atoms with van der Waals surface area (Å²) in [6.45, 7) is 6.14. The maximum Gasteiger partial charge on any atom is 0.409 e. The maximum absolute atomic E-state index is 11.8. The van der Waals surface area contributed by atoms with Crippen molar-refractivity contribution < 1.29 is 9.53 Å². The lowest BCUT2D eigenvalue weighted by molar-refractivity contribution is 0.102. The van der Waals surface area contributed by atoms with Gasteiger partial charge in [-0.05, 0) is 31.1 Å². The van der Waals surface area contributed by atoms with Crippen molar-refractivity contribution in [2.45, 2.75) is 26.4 Å². The van der Waals surface area contributed by atoms with Gasteiger partial charge in [0.1, 0.15) is 6.61 Å². The van der Waals surface area contributed by atoms with Crippen molar-refractivity contribution >= 4 is 6.09 Å². The van der Waals surface area contributed by atoms with Crippen LogP contribution in [0.2, 0.25) is 0 Å². The quantitative estimate of drug-likeness (QED) is 0.818. The highest BCUT2D eigenvalue weighted by Crippen LogP contribution is 2.15. The number of hydrogen-bond acceptors (Lipinski definition) is 5. The number of hydrogen-bond donors (Lipinski definition) is 1. The van der Waals surface area contributed by atoms with Gasteiger partial charge in [0.15, 0.2) is 0 Å². The minimum atomic E-state index is -0.278. The van der Waals surface area contributed by atoms with E-state index in [-0.39, 0.29) is 6.09 Å². The van der Waals surface area contributed by atoms with Crippen molar-refractivity contribution in [2.75, 3.05) is 34.2 Å². The molecule has 0 bridgehead atoms. The van der Waals surface area contributed by atoms with Crippen molar-refractivity contribution in [3.8, 4) is 0 Å². The number of carbonyl (C=O) groups is 1. The van der Waals surface area contributed by atoms with Gasteiger partial charge in [-0.25, -0.2) is 4.79 Å². The Labute approximate surface area is 132 Å². The summed E-state index contributed by atoms with van der Waals surface area (Å²) in [7, 11) is 5.72. The van der Waals surface area contributed by atoms with E-state index in [0.29, 0.717) is 19.1 Å². The van der Waals surface area contributed by atoms with Crippen molar-refractivity contribution in [1.29, 1.82) is 5.59 Å². The van der Waals surface area contributed by atoms with E-state index in [1.807, 2.05) is 31.1 Å².